The molecule has 1 aliphatic carbocycles. The van der Waals surface area contributed by atoms with E-state index in [1.807, 2.05) is 18.2 Å². The number of aliphatic carboxylic acids is 1. The second-order valence-corrected chi connectivity index (χ2v) is 5.27. The molecule has 0 atom stereocenters. The fourth-order valence-corrected chi connectivity index (χ4v) is 2.69. The summed E-state index contributed by atoms with van der Waals surface area (Å²) in [6, 6.07) is 9.33. The molecule has 0 radical (unpaired) electrons. The standard InChI is InChI=1S/C16H21NO4/c18-15(12-21-14-8-2-1-3-9-14)17(11-10-16(19)20)13-6-4-5-7-13/h1-3,8-9,13H,4-7,10-12H2,(H,19,20). The minimum atomic E-state index is -0.880. The third-order valence-corrected chi connectivity index (χ3v) is 3.76. The lowest BCUT2D eigenvalue weighted by atomic mass is 10.2. The zero-order chi connectivity index (χ0) is 15.1. The molecule has 1 aromatic rings. The average Bonchev–Trinajstić information content (AvgIpc) is 3.00. The third-order valence-electron chi connectivity index (χ3n) is 3.76. The lowest BCUT2D eigenvalue weighted by molar-refractivity contribution is -0.140. The molecule has 0 spiro atoms. The van der Waals surface area contributed by atoms with Gasteiger partial charge in [0, 0.05) is 12.6 Å². The predicted molar refractivity (Wildman–Crippen MR) is 78.2 cm³/mol. The van der Waals surface area contributed by atoms with E-state index in [0.29, 0.717) is 5.75 Å². The van der Waals surface area contributed by atoms with Crippen LogP contribution in [-0.2, 0) is 9.59 Å². The molecule has 1 aromatic carbocycles. The van der Waals surface area contributed by atoms with Gasteiger partial charge in [0.15, 0.2) is 6.61 Å². The van der Waals surface area contributed by atoms with Gasteiger partial charge in [-0.3, -0.25) is 9.59 Å². The van der Waals surface area contributed by atoms with Gasteiger partial charge in [-0.25, -0.2) is 0 Å². The first-order chi connectivity index (χ1) is 10.2. The Balaban J connectivity index is 1.91. The zero-order valence-electron chi connectivity index (χ0n) is 12.0. The van der Waals surface area contributed by atoms with Crippen LogP contribution in [-0.4, -0.2) is 41.1 Å². The number of carbonyl (C=O) groups excluding carboxylic acids is 1. The van der Waals surface area contributed by atoms with Crippen LogP contribution in [0.2, 0.25) is 0 Å². The molecule has 0 heterocycles. The maximum Gasteiger partial charge on any atom is 0.305 e. The van der Waals surface area contributed by atoms with Crippen LogP contribution in [0.25, 0.3) is 0 Å². The van der Waals surface area contributed by atoms with Crippen molar-refractivity contribution in [1.29, 1.82) is 0 Å². The highest BCUT2D eigenvalue weighted by Gasteiger charge is 2.27. The molecule has 0 bridgehead atoms. The molecule has 1 N–H and O–H groups in total. The summed E-state index contributed by atoms with van der Waals surface area (Å²) in [4.78, 5) is 24.8. The van der Waals surface area contributed by atoms with Crippen LogP contribution in [0.3, 0.4) is 0 Å². The second kappa shape index (κ2) is 7.67. The smallest absolute Gasteiger partial charge is 0.305 e. The summed E-state index contributed by atoms with van der Waals surface area (Å²) < 4.78 is 5.48. The highest BCUT2D eigenvalue weighted by molar-refractivity contribution is 5.79. The second-order valence-electron chi connectivity index (χ2n) is 5.27. The van der Waals surface area contributed by atoms with Gasteiger partial charge in [-0.05, 0) is 25.0 Å². The minimum Gasteiger partial charge on any atom is -0.484 e. The van der Waals surface area contributed by atoms with Crippen molar-refractivity contribution < 1.29 is 19.4 Å². The Kier molecular flexibility index (Phi) is 5.60. The number of amides is 1. The molecule has 0 saturated heterocycles. The molecule has 1 aliphatic rings. The van der Waals surface area contributed by atoms with Crippen LogP contribution in [0.15, 0.2) is 30.3 Å². The van der Waals surface area contributed by atoms with E-state index in [1.165, 1.54) is 0 Å². The molecule has 0 aromatic heterocycles. The van der Waals surface area contributed by atoms with Gasteiger partial charge in [0.05, 0.1) is 6.42 Å². The Labute approximate surface area is 124 Å². The van der Waals surface area contributed by atoms with Crippen LogP contribution >= 0.6 is 0 Å². The summed E-state index contributed by atoms with van der Waals surface area (Å²) in [5.41, 5.74) is 0. The van der Waals surface area contributed by atoms with Gasteiger partial charge in [-0.1, -0.05) is 31.0 Å². The minimum absolute atomic E-state index is 0.0203. The van der Waals surface area contributed by atoms with E-state index < -0.39 is 5.97 Å². The molecule has 1 fully saturated rings. The van der Waals surface area contributed by atoms with Crippen molar-refractivity contribution in [2.24, 2.45) is 0 Å². The highest BCUT2D eigenvalue weighted by atomic mass is 16.5. The van der Waals surface area contributed by atoms with Crippen LogP contribution in [0.5, 0.6) is 5.75 Å². The first kappa shape index (κ1) is 15.4. The zero-order valence-corrected chi connectivity index (χ0v) is 12.0. The van der Waals surface area contributed by atoms with Crippen molar-refractivity contribution in [2.45, 2.75) is 38.1 Å². The van der Waals surface area contributed by atoms with Crippen molar-refractivity contribution in [3.8, 4) is 5.75 Å². The first-order valence-corrected chi connectivity index (χ1v) is 7.36. The lowest BCUT2D eigenvalue weighted by Crippen LogP contribution is -2.42. The van der Waals surface area contributed by atoms with E-state index in [9.17, 15) is 9.59 Å². The quantitative estimate of drug-likeness (QED) is 0.837. The van der Waals surface area contributed by atoms with E-state index in [-0.39, 0.29) is 31.5 Å². The number of carboxylic acid groups (broad SMARTS) is 1. The number of carboxylic acids is 1. The molecule has 21 heavy (non-hydrogen) atoms. The van der Waals surface area contributed by atoms with Gasteiger partial charge >= 0.3 is 5.97 Å². The van der Waals surface area contributed by atoms with E-state index >= 15 is 0 Å². The fraction of sp³-hybridized carbons (Fsp3) is 0.500. The van der Waals surface area contributed by atoms with Crippen LogP contribution in [0.4, 0.5) is 0 Å². The van der Waals surface area contributed by atoms with Crippen LogP contribution in [0, 0.1) is 0 Å². The molecule has 1 amide bonds. The topological polar surface area (TPSA) is 66.8 Å². The Morgan fingerprint density at radius 1 is 1.19 bits per heavy atom. The number of benzene rings is 1. The van der Waals surface area contributed by atoms with Gasteiger partial charge in [0.25, 0.3) is 5.91 Å². The molecular formula is C16H21NO4. The van der Waals surface area contributed by atoms with Crippen molar-refractivity contribution in [2.75, 3.05) is 13.2 Å². The Bertz CT molecular complexity index is 468. The first-order valence-electron chi connectivity index (χ1n) is 7.36. The number of para-hydroxylation sites is 1. The number of hydrogen-bond donors (Lipinski definition) is 1. The molecular weight excluding hydrogens is 270 g/mol. The van der Waals surface area contributed by atoms with Gasteiger partial charge in [-0.15, -0.1) is 0 Å². The number of nitrogens with zero attached hydrogens (tertiary/aromatic N) is 1. The molecule has 1 saturated carbocycles. The molecule has 2 rings (SSSR count). The van der Waals surface area contributed by atoms with Gasteiger partial charge in [0.2, 0.25) is 0 Å². The number of carbonyl (C=O) groups is 2. The summed E-state index contributed by atoms with van der Waals surface area (Å²) in [7, 11) is 0. The highest BCUT2D eigenvalue weighted by Crippen LogP contribution is 2.24. The van der Waals surface area contributed by atoms with Gasteiger partial charge < -0.3 is 14.7 Å². The SMILES string of the molecule is O=C(O)CCN(C(=O)COc1ccccc1)C1CCCC1. The van der Waals surface area contributed by atoms with Crippen molar-refractivity contribution >= 4 is 11.9 Å². The van der Waals surface area contributed by atoms with Crippen LogP contribution < -0.4 is 4.74 Å². The average molecular weight is 291 g/mol. The number of rotatable bonds is 7. The molecule has 0 aliphatic heterocycles. The Hall–Kier alpha value is -2.04. The fourth-order valence-electron chi connectivity index (χ4n) is 2.69. The maximum absolute atomic E-state index is 12.3. The summed E-state index contributed by atoms with van der Waals surface area (Å²) in [5, 5.41) is 8.83. The van der Waals surface area contributed by atoms with E-state index in [2.05, 4.69) is 0 Å². The third kappa shape index (κ3) is 4.77. The van der Waals surface area contributed by atoms with Gasteiger partial charge in [-0.2, -0.15) is 0 Å². The maximum atomic E-state index is 12.3. The normalized spacial score (nSPS) is 14.9. The largest absolute Gasteiger partial charge is 0.484 e. The van der Waals surface area contributed by atoms with Crippen molar-refractivity contribution in [1.82, 2.24) is 4.90 Å². The number of hydrogen-bond acceptors (Lipinski definition) is 3. The Morgan fingerprint density at radius 2 is 1.86 bits per heavy atom. The summed E-state index contributed by atoms with van der Waals surface area (Å²) in [6.07, 6.45) is 4.09. The number of ether oxygens (including phenoxy) is 1. The molecule has 5 nitrogen and oxygen atoms in total. The summed E-state index contributed by atoms with van der Waals surface area (Å²) in [5.74, 6) is -0.364. The van der Waals surface area contributed by atoms with E-state index in [1.54, 1.807) is 17.0 Å². The molecule has 5 heteroatoms. The molecule has 114 valence electrons. The van der Waals surface area contributed by atoms with E-state index in [4.69, 9.17) is 9.84 Å². The van der Waals surface area contributed by atoms with Crippen LogP contribution in [0.1, 0.15) is 32.1 Å². The van der Waals surface area contributed by atoms with Gasteiger partial charge in [0.1, 0.15) is 5.75 Å². The summed E-state index contributed by atoms with van der Waals surface area (Å²) >= 11 is 0. The van der Waals surface area contributed by atoms with Crippen molar-refractivity contribution in [3.63, 3.8) is 0 Å². The summed E-state index contributed by atoms with van der Waals surface area (Å²) in [6.45, 7) is 0.219. The van der Waals surface area contributed by atoms with Crippen molar-refractivity contribution in [3.05, 3.63) is 30.3 Å². The molecule has 0 unspecified atom stereocenters. The van der Waals surface area contributed by atoms with E-state index in [0.717, 1.165) is 25.7 Å². The monoisotopic (exact) mass is 291 g/mol. The predicted octanol–water partition coefficient (Wildman–Crippen LogP) is 2.31. The lowest BCUT2D eigenvalue weighted by Gasteiger charge is -2.28. The Morgan fingerprint density at radius 3 is 2.48 bits per heavy atom.